The number of hydrogen-bond acceptors (Lipinski definition) is 3. The molecule has 0 fully saturated rings. The van der Waals surface area contributed by atoms with Crippen molar-refractivity contribution in [3.8, 4) is 0 Å². The Bertz CT molecular complexity index is 727. The molecule has 1 heterocycles. The lowest BCUT2D eigenvalue weighted by Gasteiger charge is -2.28. The second-order valence-corrected chi connectivity index (χ2v) is 4.99. The van der Waals surface area contributed by atoms with Crippen LogP contribution in [-0.4, -0.2) is 20.8 Å². The van der Waals surface area contributed by atoms with Gasteiger partial charge < -0.3 is 15.5 Å². The maximum atomic E-state index is 10.9. The smallest absolute Gasteiger partial charge is 0.365 e. The third-order valence-electron chi connectivity index (χ3n) is 4.07. The van der Waals surface area contributed by atoms with E-state index in [1.807, 2.05) is 6.07 Å². The zero-order valence-electron chi connectivity index (χ0n) is 9.96. The number of carbonyl (C=O) groups excluding carboxylic acids is 1. The van der Waals surface area contributed by atoms with Crippen LogP contribution in [0.2, 0.25) is 0 Å². The van der Waals surface area contributed by atoms with Gasteiger partial charge >= 0.3 is 5.78 Å². The van der Waals surface area contributed by atoms with Crippen LogP contribution in [-0.2, 0) is 11.3 Å². The van der Waals surface area contributed by atoms with Crippen LogP contribution >= 0.6 is 0 Å². The maximum absolute atomic E-state index is 10.9. The average molecular weight is 254 g/mol. The monoisotopic (exact) mass is 254 g/mol. The predicted octanol–water partition coefficient (Wildman–Crippen LogP) is 1.05. The van der Waals surface area contributed by atoms with Crippen LogP contribution in [0.5, 0.6) is 0 Å². The summed E-state index contributed by atoms with van der Waals surface area (Å²) in [5.41, 5.74) is -1.52. The lowest BCUT2D eigenvalue weighted by molar-refractivity contribution is -0.0882. The van der Waals surface area contributed by atoms with Gasteiger partial charge in [-0.1, -0.05) is 36.4 Å². The molecule has 1 aliphatic carbocycles. The minimum Gasteiger partial charge on any atom is -0.368 e. The van der Waals surface area contributed by atoms with Crippen molar-refractivity contribution in [2.24, 2.45) is 0 Å². The van der Waals surface area contributed by atoms with Crippen molar-refractivity contribution in [3.63, 3.8) is 0 Å². The van der Waals surface area contributed by atoms with Gasteiger partial charge in [0, 0.05) is 16.8 Å². The molecule has 2 aromatic rings. The molecule has 2 atom stereocenters. The van der Waals surface area contributed by atoms with Crippen LogP contribution in [0.25, 0.3) is 0 Å². The molecule has 1 aliphatic heterocycles. The number of aliphatic hydroxyl groups is 2. The quantitative estimate of drug-likeness (QED) is 0.615. The van der Waals surface area contributed by atoms with Crippen LogP contribution in [0.3, 0.4) is 0 Å². The third kappa shape index (κ3) is 0.971. The molecule has 2 aliphatic rings. The molecule has 0 saturated carbocycles. The first-order valence-electron chi connectivity index (χ1n) is 6.08. The summed E-state index contributed by atoms with van der Waals surface area (Å²) >= 11 is 0. The van der Waals surface area contributed by atoms with E-state index in [1.54, 1.807) is 42.5 Å². The Morgan fingerprint density at radius 2 is 1.53 bits per heavy atom. The van der Waals surface area contributed by atoms with Crippen LogP contribution in [0, 0.1) is 0 Å². The third-order valence-corrected chi connectivity index (χ3v) is 4.07. The number of rotatable bonds is 0. The van der Waals surface area contributed by atoms with E-state index in [4.69, 9.17) is 0 Å². The first-order chi connectivity index (χ1) is 9.09. The largest absolute Gasteiger partial charge is 0.368 e. The molecular weight excluding hydrogens is 242 g/mol. The maximum Gasteiger partial charge on any atom is 0.365 e. The molecular formula is C15H12NO3+. The Morgan fingerprint density at radius 3 is 2.32 bits per heavy atom. The summed E-state index contributed by atoms with van der Waals surface area (Å²) in [6, 6.07) is 13.9. The number of hydrogen-bond donors (Lipinski definition) is 3. The molecule has 0 saturated heterocycles. The van der Waals surface area contributed by atoms with Crippen molar-refractivity contribution < 1.29 is 15.0 Å². The first-order valence-corrected chi connectivity index (χ1v) is 6.08. The molecule has 0 bridgehead atoms. The second-order valence-electron chi connectivity index (χ2n) is 4.99. The highest BCUT2D eigenvalue weighted by Crippen LogP contribution is 2.56. The molecule has 0 radical (unpaired) electrons. The van der Waals surface area contributed by atoms with Gasteiger partial charge in [0.15, 0.2) is 0 Å². The highest BCUT2D eigenvalue weighted by molar-refractivity contribution is 6.11. The lowest BCUT2D eigenvalue weighted by atomic mass is 9.87. The Labute approximate surface area is 109 Å². The Balaban J connectivity index is 2.08. The minimum absolute atomic E-state index is 0.219. The number of nitrogens with one attached hydrogen (secondary N) is 1. The van der Waals surface area contributed by atoms with Gasteiger partial charge in [-0.3, -0.25) is 4.79 Å². The number of fused-ring (bicyclic) bond motifs is 5. The van der Waals surface area contributed by atoms with Gasteiger partial charge in [0.05, 0.1) is 5.56 Å². The van der Waals surface area contributed by atoms with Crippen molar-refractivity contribution in [2.75, 3.05) is 5.32 Å². The van der Waals surface area contributed by atoms with Crippen molar-refractivity contribution >= 4 is 11.5 Å². The zero-order chi connectivity index (χ0) is 13.3. The highest BCUT2D eigenvalue weighted by atomic mass is 16.4. The van der Waals surface area contributed by atoms with E-state index in [1.165, 1.54) is 0 Å². The molecule has 0 spiro atoms. The molecule has 4 N–H and O–H groups in total. The van der Waals surface area contributed by atoms with E-state index in [0.29, 0.717) is 22.4 Å². The van der Waals surface area contributed by atoms with Gasteiger partial charge in [0.1, 0.15) is 0 Å². The minimum atomic E-state index is -1.84. The molecule has 2 unspecified atom stereocenters. The summed E-state index contributed by atoms with van der Waals surface area (Å²) < 4.78 is 0. The summed E-state index contributed by atoms with van der Waals surface area (Å²) in [6.07, 6.45) is 0. The van der Waals surface area contributed by atoms with Crippen molar-refractivity contribution in [1.29, 1.82) is 0 Å². The van der Waals surface area contributed by atoms with E-state index in [0.717, 1.165) is 0 Å². The van der Waals surface area contributed by atoms with Gasteiger partial charge in [-0.25, -0.2) is 0 Å². The van der Waals surface area contributed by atoms with Crippen molar-refractivity contribution in [1.82, 2.24) is 0 Å². The molecule has 94 valence electrons. The van der Waals surface area contributed by atoms with Gasteiger partial charge in [-0.15, -0.1) is 0 Å². The van der Waals surface area contributed by atoms with Gasteiger partial charge in [-0.2, -0.15) is 0 Å². The molecule has 4 rings (SSSR count). The SMILES string of the molecule is OC12Nc3ccccc3C1(O)C(=[OH+])c1ccccc12. The summed E-state index contributed by atoms with van der Waals surface area (Å²) in [5.74, 6) is -0.219. The fourth-order valence-corrected chi connectivity index (χ4v) is 3.15. The lowest BCUT2D eigenvalue weighted by Crippen LogP contribution is -2.49. The van der Waals surface area contributed by atoms with E-state index < -0.39 is 11.3 Å². The van der Waals surface area contributed by atoms with Crippen molar-refractivity contribution in [3.05, 3.63) is 65.2 Å². The van der Waals surface area contributed by atoms with E-state index >= 15 is 0 Å². The first kappa shape index (κ1) is 10.7. The van der Waals surface area contributed by atoms with Gasteiger partial charge in [0.2, 0.25) is 5.72 Å². The normalized spacial score (nSPS) is 30.5. The van der Waals surface area contributed by atoms with E-state index in [9.17, 15) is 15.0 Å². The van der Waals surface area contributed by atoms with Crippen LogP contribution in [0.4, 0.5) is 5.69 Å². The van der Waals surface area contributed by atoms with Crippen molar-refractivity contribution in [2.45, 2.75) is 11.3 Å². The molecule has 4 nitrogen and oxygen atoms in total. The Kier molecular flexibility index (Phi) is 1.72. The van der Waals surface area contributed by atoms with Gasteiger partial charge in [0.25, 0.3) is 5.60 Å². The zero-order valence-corrected chi connectivity index (χ0v) is 9.96. The summed E-state index contributed by atoms with van der Waals surface area (Å²) in [6.45, 7) is 0. The van der Waals surface area contributed by atoms with Crippen LogP contribution in [0.15, 0.2) is 48.5 Å². The number of ketones is 1. The number of para-hydroxylation sites is 1. The average Bonchev–Trinajstić information content (AvgIpc) is 2.77. The van der Waals surface area contributed by atoms with Gasteiger partial charge in [-0.05, 0) is 12.1 Å². The Morgan fingerprint density at radius 1 is 0.895 bits per heavy atom. The molecule has 2 aromatic carbocycles. The fraction of sp³-hybridized carbons (Fsp3) is 0.133. The van der Waals surface area contributed by atoms with E-state index in [2.05, 4.69) is 5.32 Å². The molecule has 0 aromatic heterocycles. The molecule has 0 amide bonds. The number of anilines is 1. The predicted molar refractivity (Wildman–Crippen MR) is 70.3 cm³/mol. The summed E-state index contributed by atoms with van der Waals surface area (Å²) in [7, 11) is 0. The Hall–Kier alpha value is -2.17. The van der Waals surface area contributed by atoms with Crippen LogP contribution < -0.4 is 5.32 Å². The highest BCUT2D eigenvalue weighted by Gasteiger charge is 2.71. The topological polar surface area (TPSA) is 73.9 Å². The summed E-state index contributed by atoms with van der Waals surface area (Å²) in [5, 5.41) is 24.7. The fourth-order valence-electron chi connectivity index (χ4n) is 3.15. The standard InChI is InChI=1S/C15H11NO3/c17-13-9-5-1-2-6-10(9)15(19)14(13,18)11-7-3-4-8-12(11)16-15/h1-8,16,18-19H/p+1. The molecule has 19 heavy (non-hydrogen) atoms. The van der Waals surface area contributed by atoms with E-state index in [-0.39, 0.29) is 5.78 Å². The summed E-state index contributed by atoms with van der Waals surface area (Å²) in [4.78, 5) is 10.4. The number of benzene rings is 2. The molecule has 4 heteroatoms. The second kappa shape index (κ2) is 3.04. The van der Waals surface area contributed by atoms with Crippen LogP contribution in [0.1, 0.15) is 16.7 Å².